The first-order valence-corrected chi connectivity index (χ1v) is 12.0. The number of sulfonamides is 1. The average molecular weight is 424 g/mol. The lowest BCUT2D eigenvalue weighted by Crippen LogP contribution is -2.50. The first-order valence-electron chi connectivity index (χ1n) is 10.5. The van der Waals surface area contributed by atoms with Gasteiger partial charge in [-0.15, -0.1) is 0 Å². The van der Waals surface area contributed by atoms with Crippen molar-refractivity contribution in [3.63, 3.8) is 0 Å². The number of ether oxygens (including phenoxy) is 1. The Kier molecular flexibility index (Phi) is 6.73. The number of likely N-dealkylation sites (tertiary alicyclic amines) is 1. The van der Waals surface area contributed by atoms with Crippen molar-refractivity contribution >= 4 is 21.7 Å². The predicted octanol–water partition coefficient (Wildman–Crippen LogP) is 3.72. The van der Waals surface area contributed by atoms with Crippen LogP contribution >= 0.6 is 0 Å². The molecule has 2 aliphatic rings. The highest BCUT2D eigenvalue weighted by molar-refractivity contribution is 7.90. The van der Waals surface area contributed by atoms with Crippen LogP contribution in [0.5, 0.6) is 5.75 Å². The second-order valence-electron chi connectivity index (χ2n) is 8.97. The van der Waals surface area contributed by atoms with Crippen LogP contribution in [0.25, 0.3) is 0 Å². The van der Waals surface area contributed by atoms with Crippen LogP contribution in [-0.2, 0) is 10.0 Å². The van der Waals surface area contributed by atoms with E-state index in [1.54, 1.807) is 25.7 Å². The van der Waals surface area contributed by atoms with E-state index in [4.69, 9.17) is 4.74 Å². The van der Waals surface area contributed by atoms with Crippen molar-refractivity contribution in [3.05, 3.63) is 24.3 Å². The molecule has 0 spiro atoms. The number of nitrogens with zero attached hydrogens (tertiary/aromatic N) is 1. The number of carbonyl (C=O) groups is 1. The van der Waals surface area contributed by atoms with Gasteiger partial charge in [0.25, 0.3) is 0 Å². The molecule has 1 aliphatic heterocycles. The molecule has 0 bridgehead atoms. The molecule has 0 atom stereocenters. The molecular formula is C21H33N3O4S. The molecule has 3 rings (SSSR count). The van der Waals surface area contributed by atoms with E-state index in [9.17, 15) is 13.2 Å². The van der Waals surface area contributed by atoms with Gasteiger partial charge in [-0.3, -0.25) is 0 Å². The van der Waals surface area contributed by atoms with Crippen LogP contribution in [0, 0.1) is 0 Å². The minimum Gasteiger partial charge on any atom is -0.490 e. The number of rotatable bonds is 5. The standard InChI is InChI=1S/C21H33N3O4S/c1-21(2,3)29(26,27)23-17-12-14-24(15-13-17)20(25)22-16-8-10-19(11-9-16)28-18-6-4-5-7-18/h8-11,17-18,23H,4-7,12-15H2,1-3H3,(H,22,25). The van der Waals surface area contributed by atoms with Crippen LogP contribution < -0.4 is 14.8 Å². The zero-order valence-electron chi connectivity index (χ0n) is 17.6. The smallest absolute Gasteiger partial charge is 0.321 e. The molecule has 1 saturated heterocycles. The SMILES string of the molecule is CC(C)(C)S(=O)(=O)NC1CCN(C(=O)Nc2ccc(OC3CCCC3)cc2)CC1. The summed E-state index contributed by atoms with van der Waals surface area (Å²) in [5.41, 5.74) is 0.726. The predicted molar refractivity (Wildman–Crippen MR) is 115 cm³/mol. The third kappa shape index (κ3) is 5.85. The van der Waals surface area contributed by atoms with Crippen molar-refractivity contribution in [2.75, 3.05) is 18.4 Å². The Labute approximate surface area is 174 Å². The number of amides is 2. The maximum absolute atomic E-state index is 12.5. The normalized spacial score (nSPS) is 19.3. The van der Waals surface area contributed by atoms with Crippen LogP contribution in [0.3, 0.4) is 0 Å². The van der Waals surface area contributed by atoms with Crippen LogP contribution in [-0.4, -0.2) is 49.3 Å². The fourth-order valence-electron chi connectivity index (χ4n) is 3.61. The van der Waals surface area contributed by atoms with Gasteiger partial charge in [0.1, 0.15) is 5.75 Å². The van der Waals surface area contributed by atoms with E-state index in [0.29, 0.717) is 32.0 Å². The molecule has 1 heterocycles. The van der Waals surface area contributed by atoms with E-state index in [-0.39, 0.29) is 12.1 Å². The molecule has 8 heteroatoms. The van der Waals surface area contributed by atoms with Crippen LogP contribution in [0.1, 0.15) is 59.3 Å². The highest BCUT2D eigenvalue weighted by atomic mass is 32.2. The fraction of sp³-hybridized carbons (Fsp3) is 0.667. The third-order valence-electron chi connectivity index (χ3n) is 5.62. The highest BCUT2D eigenvalue weighted by Crippen LogP contribution is 2.25. The lowest BCUT2D eigenvalue weighted by atomic mass is 10.1. The average Bonchev–Trinajstić information content (AvgIpc) is 3.16. The maximum Gasteiger partial charge on any atom is 0.321 e. The van der Waals surface area contributed by atoms with Crippen LogP contribution in [0.2, 0.25) is 0 Å². The summed E-state index contributed by atoms with van der Waals surface area (Å²) in [5, 5.41) is 2.91. The largest absolute Gasteiger partial charge is 0.490 e. The Balaban J connectivity index is 1.46. The Morgan fingerprint density at radius 3 is 2.17 bits per heavy atom. The van der Waals surface area contributed by atoms with Crippen molar-refractivity contribution in [2.45, 2.75) is 76.2 Å². The van der Waals surface area contributed by atoms with Gasteiger partial charge in [-0.2, -0.15) is 0 Å². The maximum atomic E-state index is 12.5. The lowest BCUT2D eigenvalue weighted by molar-refractivity contribution is 0.193. The molecule has 0 unspecified atom stereocenters. The Hall–Kier alpha value is -1.80. The number of piperidine rings is 1. The lowest BCUT2D eigenvalue weighted by Gasteiger charge is -2.33. The quantitative estimate of drug-likeness (QED) is 0.755. The second-order valence-corrected chi connectivity index (χ2v) is 11.4. The molecule has 2 amide bonds. The number of carbonyl (C=O) groups excluding carboxylic acids is 1. The Morgan fingerprint density at radius 1 is 1.03 bits per heavy atom. The van der Waals surface area contributed by atoms with E-state index < -0.39 is 14.8 Å². The van der Waals surface area contributed by atoms with Crippen molar-refractivity contribution in [1.82, 2.24) is 9.62 Å². The van der Waals surface area contributed by atoms with Gasteiger partial charge in [0.05, 0.1) is 10.9 Å². The number of hydrogen-bond donors (Lipinski definition) is 2. The molecule has 7 nitrogen and oxygen atoms in total. The number of anilines is 1. The first kappa shape index (κ1) is 21.9. The van der Waals surface area contributed by atoms with Crippen molar-refractivity contribution in [3.8, 4) is 5.75 Å². The minimum atomic E-state index is -3.38. The summed E-state index contributed by atoms with van der Waals surface area (Å²) in [6.07, 6.45) is 6.21. The molecule has 1 aliphatic carbocycles. The van der Waals surface area contributed by atoms with Gasteiger partial charge in [0.15, 0.2) is 0 Å². The fourth-order valence-corrected chi connectivity index (χ4v) is 4.64. The first-order chi connectivity index (χ1) is 13.6. The van der Waals surface area contributed by atoms with Crippen LogP contribution in [0.15, 0.2) is 24.3 Å². The monoisotopic (exact) mass is 423 g/mol. The molecule has 1 aromatic carbocycles. The summed E-state index contributed by atoms with van der Waals surface area (Å²) in [6, 6.07) is 7.20. The minimum absolute atomic E-state index is 0.129. The topological polar surface area (TPSA) is 87.7 Å². The summed E-state index contributed by atoms with van der Waals surface area (Å²) >= 11 is 0. The Morgan fingerprint density at radius 2 is 1.62 bits per heavy atom. The number of hydrogen-bond acceptors (Lipinski definition) is 4. The van der Waals surface area contributed by atoms with Crippen molar-refractivity contribution in [1.29, 1.82) is 0 Å². The number of benzene rings is 1. The van der Waals surface area contributed by atoms with Gasteiger partial charge in [0, 0.05) is 24.8 Å². The summed E-state index contributed by atoms with van der Waals surface area (Å²) in [7, 11) is -3.38. The molecule has 1 saturated carbocycles. The number of urea groups is 1. The molecule has 1 aromatic rings. The van der Waals surface area contributed by atoms with E-state index in [1.165, 1.54) is 12.8 Å². The third-order valence-corrected chi connectivity index (χ3v) is 7.88. The van der Waals surface area contributed by atoms with Gasteiger partial charge >= 0.3 is 6.03 Å². The summed E-state index contributed by atoms with van der Waals surface area (Å²) in [6.45, 7) is 6.09. The molecule has 0 aromatic heterocycles. The molecular weight excluding hydrogens is 390 g/mol. The van der Waals surface area contributed by atoms with Gasteiger partial charge in [-0.05, 0) is 83.6 Å². The van der Waals surface area contributed by atoms with Crippen molar-refractivity contribution < 1.29 is 17.9 Å². The summed E-state index contributed by atoms with van der Waals surface area (Å²) < 4.78 is 32.5. The van der Waals surface area contributed by atoms with E-state index in [0.717, 1.165) is 24.3 Å². The summed E-state index contributed by atoms with van der Waals surface area (Å²) in [4.78, 5) is 14.3. The second kappa shape index (κ2) is 8.92. The van der Waals surface area contributed by atoms with Crippen molar-refractivity contribution in [2.24, 2.45) is 0 Å². The molecule has 162 valence electrons. The zero-order chi connectivity index (χ0) is 21.1. The molecule has 2 fully saturated rings. The van der Waals surface area contributed by atoms with Gasteiger partial charge in [0.2, 0.25) is 10.0 Å². The summed E-state index contributed by atoms with van der Waals surface area (Å²) in [5.74, 6) is 0.835. The molecule has 29 heavy (non-hydrogen) atoms. The van der Waals surface area contributed by atoms with Gasteiger partial charge < -0.3 is 15.0 Å². The van der Waals surface area contributed by atoms with E-state index in [2.05, 4.69) is 10.0 Å². The van der Waals surface area contributed by atoms with Crippen LogP contribution in [0.4, 0.5) is 10.5 Å². The zero-order valence-corrected chi connectivity index (χ0v) is 18.4. The Bertz CT molecular complexity index is 788. The molecule has 0 radical (unpaired) electrons. The highest BCUT2D eigenvalue weighted by Gasteiger charge is 2.33. The van der Waals surface area contributed by atoms with Gasteiger partial charge in [-0.1, -0.05) is 0 Å². The van der Waals surface area contributed by atoms with Gasteiger partial charge in [-0.25, -0.2) is 17.9 Å². The molecule has 2 N–H and O–H groups in total. The van der Waals surface area contributed by atoms with E-state index >= 15 is 0 Å². The number of nitrogens with one attached hydrogen (secondary N) is 2. The van der Waals surface area contributed by atoms with E-state index in [1.807, 2.05) is 24.3 Å².